The van der Waals surface area contributed by atoms with Crippen LogP contribution in [-0.4, -0.2) is 37.3 Å². The van der Waals surface area contributed by atoms with Crippen LogP contribution in [0.2, 0.25) is 0 Å². The molecule has 32 heavy (non-hydrogen) atoms. The minimum atomic E-state index is 0.240. The van der Waals surface area contributed by atoms with E-state index < -0.39 is 0 Å². The van der Waals surface area contributed by atoms with Gasteiger partial charge in [0, 0.05) is 41.7 Å². The molecule has 3 N–H and O–H groups in total. The largest absolute Gasteiger partial charge is 0.388 e. The molecule has 0 radical (unpaired) electrons. The second-order valence-corrected chi connectivity index (χ2v) is 10.4. The number of rotatable bonds is 7. The molecule has 1 aromatic rings. The fourth-order valence-corrected chi connectivity index (χ4v) is 5.65. The van der Waals surface area contributed by atoms with Gasteiger partial charge in [0.15, 0.2) is 0 Å². The second-order valence-electron chi connectivity index (χ2n) is 10.4. The van der Waals surface area contributed by atoms with Crippen LogP contribution in [0.1, 0.15) is 75.0 Å². The zero-order chi connectivity index (χ0) is 22.1. The lowest BCUT2D eigenvalue weighted by atomic mass is 9.76. The predicted molar refractivity (Wildman–Crippen MR) is 131 cm³/mol. The monoisotopic (exact) mass is 434 g/mol. The van der Waals surface area contributed by atoms with E-state index in [0.29, 0.717) is 11.9 Å². The lowest BCUT2D eigenvalue weighted by Gasteiger charge is -2.38. The molecule has 172 valence electrons. The predicted octanol–water partition coefficient (Wildman–Crippen LogP) is 4.44. The number of amides is 1. The molecule has 1 unspecified atom stereocenters. The molecule has 4 aliphatic rings. The van der Waals surface area contributed by atoms with Crippen molar-refractivity contribution >= 4 is 23.4 Å². The molecule has 1 saturated heterocycles. The van der Waals surface area contributed by atoms with Gasteiger partial charge in [-0.25, -0.2) is 0 Å². The minimum Gasteiger partial charge on any atom is -0.388 e. The van der Waals surface area contributed by atoms with Gasteiger partial charge in [0.05, 0.1) is 0 Å². The SMILES string of the molecule is CC1CCc2c(ccc(/C(C=N)=C/NC3CCNCC3)c2CC2CCC2)N1C(=O)C1CC1. The number of nitrogens with one attached hydrogen (secondary N) is 3. The number of carbonyl (C=O) groups is 1. The Kier molecular flexibility index (Phi) is 6.36. The third-order valence-corrected chi connectivity index (χ3v) is 8.08. The third-order valence-electron chi connectivity index (χ3n) is 8.08. The van der Waals surface area contributed by atoms with Crippen LogP contribution >= 0.6 is 0 Å². The van der Waals surface area contributed by atoms with Gasteiger partial charge in [-0.15, -0.1) is 0 Å². The first-order valence-electron chi connectivity index (χ1n) is 12.8. The van der Waals surface area contributed by atoms with E-state index in [0.717, 1.165) is 75.2 Å². The second kappa shape index (κ2) is 9.38. The summed E-state index contributed by atoms with van der Waals surface area (Å²) in [6.45, 7) is 4.31. The molecule has 0 spiro atoms. The van der Waals surface area contributed by atoms with Crippen LogP contribution in [0.4, 0.5) is 5.69 Å². The van der Waals surface area contributed by atoms with Crippen LogP contribution in [0.15, 0.2) is 18.3 Å². The fraction of sp³-hybridized carbons (Fsp3) is 0.630. The maximum atomic E-state index is 13.2. The number of carbonyl (C=O) groups excluding carboxylic acids is 1. The molecular formula is C27H38N4O. The highest BCUT2D eigenvalue weighted by Gasteiger charge is 2.39. The molecule has 2 heterocycles. The van der Waals surface area contributed by atoms with E-state index in [9.17, 15) is 4.79 Å². The Labute approximate surface area is 192 Å². The molecule has 2 aliphatic carbocycles. The van der Waals surface area contributed by atoms with Gasteiger partial charge < -0.3 is 20.9 Å². The summed E-state index contributed by atoms with van der Waals surface area (Å²) >= 11 is 0. The molecule has 5 rings (SSSR count). The number of piperidine rings is 1. The highest BCUT2D eigenvalue weighted by Crippen LogP contribution is 2.42. The first-order chi connectivity index (χ1) is 15.7. The van der Waals surface area contributed by atoms with Crippen LogP contribution in [0.5, 0.6) is 0 Å². The lowest BCUT2D eigenvalue weighted by Crippen LogP contribution is -2.43. The van der Waals surface area contributed by atoms with Crippen LogP contribution in [0, 0.1) is 17.2 Å². The van der Waals surface area contributed by atoms with E-state index in [1.165, 1.54) is 42.2 Å². The normalized spacial score (nSPS) is 24.6. The highest BCUT2D eigenvalue weighted by molar-refractivity contribution is 6.09. The van der Waals surface area contributed by atoms with E-state index >= 15 is 0 Å². The molecule has 1 atom stereocenters. The van der Waals surface area contributed by atoms with Gasteiger partial charge >= 0.3 is 0 Å². The van der Waals surface area contributed by atoms with Gasteiger partial charge in [0.1, 0.15) is 0 Å². The van der Waals surface area contributed by atoms with Crippen molar-refractivity contribution in [1.29, 1.82) is 5.41 Å². The molecule has 0 bridgehead atoms. The summed E-state index contributed by atoms with van der Waals surface area (Å²) in [5.74, 6) is 1.32. The zero-order valence-corrected chi connectivity index (χ0v) is 19.5. The summed E-state index contributed by atoms with van der Waals surface area (Å²) < 4.78 is 0. The van der Waals surface area contributed by atoms with Crippen LogP contribution in [-0.2, 0) is 17.6 Å². The molecule has 3 fully saturated rings. The van der Waals surface area contributed by atoms with Crippen LogP contribution in [0.25, 0.3) is 5.57 Å². The summed E-state index contributed by atoms with van der Waals surface area (Å²) in [6, 6.07) is 5.12. The Hall–Kier alpha value is -2.14. The third kappa shape index (κ3) is 4.36. The smallest absolute Gasteiger partial charge is 0.230 e. The first kappa shape index (κ1) is 21.7. The van der Waals surface area contributed by atoms with E-state index in [2.05, 4.69) is 40.8 Å². The van der Waals surface area contributed by atoms with Gasteiger partial charge in [-0.3, -0.25) is 4.79 Å². The van der Waals surface area contributed by atoms with Crippen LogP contribution in [0.3, 0.4) is 0 Å². The highest BCUT2D eigenvalue weighted by atomic mass is 16.2. The summed E-state index contributed by atoms with van der Waals surface area (Å²) in [6.07, 6.45) is 15.0. The first-order valence-corrected chi connectivity index (χ1v) is 12.8. The number of allylic oxidation sites excluding steroid dienone is 1. The van der Waals surface area contributed by atoms with Crippen molar-refractivity contribution in [2.45, 2.75) is 83.2 Å². The standard InChI is InChI=1S/C27H38N4O/c1-18-5-8-24-25(15-19-3-2-4-19)23(9-10-26(24)31(18)27(32)20-6-7-20)21(16-28)17-30-22-11-13-29-14-12-22/h9-10,16-20,22,28-30H,2-8,11-15H2,1H3/b21-17+,28-16?. The Bertz CT molecular complexity index is 893. The van der Waals surface area contributed by atoms with Crippen LogP contribution < -0.4 is 15.5 Å². The summed E-state index contributed by atoms with van der Waals surface area (Å²) in [7, 11) is 0. The minimum absolute atomic E-state index is 0.240. The average molecular weight is 435 g/mol. The Balaban J connectivity index is 1.50. The Morgan fingerprint density at radius 3 is 2.59 bits per heavy atom. The van der Waals surface area contributed by atoms with Gasteiger partial charge in [-0.2, -0.15) is 0 Å². The van der Waals surface area contributed by atoms with E-state index in [1.54, 1.807) is 0 Å². The van der Waals surface area contributed by atoms with Gasteiger partial charge in [-0.05, 0) is 93.6 Å². The van der Waals surface area contributed by atoms with E-state index in [4.69, 9.17) is 5.41 Å². The van der Waals surface area contributed by atoms with E-state index in [1.807, 2.05) is 0 Å². The summed E-state index contributed by atoms with van der Waals surface area (Å²) in [5, 5.41) is 15.2. The molecular weight excluding hydrogens is 396 g/mol. The van der Waals surface area contributed by atoms with Gasteiger partial charge in [-0.1, -0.05) is 25.3 Å². The van der Waals surface area contributed by atoms with Gasteiger partial charge in [0.25, 0.3) is 0 Å². The average Bonchev–Trinajstić information content (AvgIpc) is 3.63. The quantitative estimate of drug-likeness (QED) is 0.556. The number of fused-ring (bicyclic) bond motifs is 1. The molecule has 5 nitrogen and oxygen atoms in total. The molecule has 2 aliphatic heterocycles. The molecule has 0 aromatic heterocycles. The van der Waals surface area contributed by atoms with Crippen molar-refractivity contribution in [3.8, 4) is 0 Å². The number of hydrogen-bond donors (Lipinski definition) is 3. The molecule has 1 amide bonds. The number of nitrogens with zero attached hydrogens (tertiary/aromatic N) is 1. The van der Waals surface area contributed by atoms with Crippen molar-refractivity contribution in [3.05, 3.63) is 35.0 Å². The molecule has 1 aromatic carbocycles. The Morgan fingerprint density at radius 2 is 1.94 bits per heavy atom. The summed E-state index contributed by atoms with van der Waals surface area (Å²) in [5.41, 5.74) is 6.08. The fourth-order valence-electron chi connectivity index (χ4n) is 5.65. The Morgan fingerprint density at radius 1 is 1.16 bits per heavy atom. The summed E-state index contributed by atoms with van der Waals surface area (Å²) in [4.78, 5) is 15.3. The van der Waals surface area contributed by atoms with Gasteiger partial charge in [0.2, 0.25) is 5.91 Å². The lowest BCUT2D eigenvalue weighted by molar-refractivity contribution is -0.120. The molecule has 2 saturated carbocycles. The maximum Gasteiger partial charge on any atom is 0.230 e. The van der Waals surface area contributed by atoms with E-state index in [-0.39, 0.29) is 12.0 Å². The van der Waals surface area contributed by atoms with Crippen molar-refractivity contribution in [3.63, 3.8) is 0 Å². The number of benzene rings is 1. The van der Waals surface area contributed by atoms with Crippen molar-refractivity contribution in [2.24, 2.45) is 11.8 Å². The van der Waals surface area contributed by atoms with Crippen molar-refractivity contribution < 1.29 is 4.79 Å². The van der Waals surface area contributed by atoms with Crippen molar-refractivity contribution in [2.75, 3.05) is 18.0 Å². The number of hydrogen-bond acceptors (Lipinski definition) is 4. The molecule has 5 heteroatoms. The number of anilines is 1. The topological polar surface area (TPSA) is 68.2 Å². The zero-order valence-electron chi connectivity index (χ0n) is 19.5. The maximum absolute atomic E-state index is 13.2. The van der Waals surface area contributed by atoms with Crippen molar-refractivity contribution in [1.82, 2.24) is 10.6 Å².